The van der Waals surface area contributed by atoms with E-state index in [1.807, 2.05) is 0 Å². The van der Waals surface area contributed by atoms with Gasteiger partial charge in [0.05, 0.1) is 18.4 Å². The van der Waals surface area contributed by atoms with Crippen molar-refractivity contribution in [2.45, 2.75) is 39.8 Å². The summed E-state index contributed by atoms with van der Waals surface area (Å²) in [5, 5.41) is 10.9. The van der Waals surface area contributed by atoms with Crippen LogP contribution in [0.2, 0.25) is 0 Å². The van der Waals surface area contributed by atoms with Crippen LogP contribution >= 0.6 is 11.3 Å². The first-order valence-electron chi connectivity index (χ1n) is 10.1. The molecular weight excluding hydrogens is 452 g/mol. The SMILES string of the molecule is CCOC(=O)Cc1csc2c1c(=O)n(CC(=O)O)c(=O)n2CCc1ccccc1OC(C)=O. The van der Waals surface area contributed by atoms with E-state index in [9.17, 15) is 29.1 Å². The standard InChI is InChI=1S/C22H22N2O8S/c1-3-31-18(28)10-15-12-33-21-19(15)20(29)24(11-17(26)27)22(30)23(21)9-8-14-6-4-5-7-16(14)32-13(2)25/h4-7,12H,3,8-11H2,1-2H3,(H,26,27). The van der Waals surface area contributed by atoms with Crippen LogP contribution in [-0.4, -0.2) is 38.8 Å². The number of hydrogen-bond acceptors (Lipinski definition) is 8. The van der Waals surface area contributed by atoms with Gasteiger partial charge in [-0.1, -0.05) is 18.2 Å². The van der Waals surface area contributed by atoms with Gasteiger partial charge in [0, 0.05) is 13.5 Å². The summed E-state index contributed by atoms with van der Waals surface area (Å²) in [4.78, 5) is 61.0. The van der Waals surface area contributed by atoms with Crippen molar-refractivity contribution in [3.8, 4) is 5.75 Å². The van der Waals surface area contributed by atoms with Gasteiger partial charge in [-0.3, -0.25) is 23.7 Å². The Labute approximate surface area is 191 Å². The molecule has 1 aromatic carbocycles. The molecule has 1 N–H and O–H groups in total. The number of benzene rings is 1. The number of aromatic nitrogens is 2. The summed E-state index contributed by atoms with van der Waals surface area (Å²) in [5.74, 6) is -2.02. The highest BCUT2D eigenvalue weighted by molar-refractivity contribution is 7.17. The van der Waals surface area contributed by atoms with E-state index in [2.05, 4.69) is 0 Å². The number of carbonyl (C=O) groups excluding carboxylic acids is 2. The van der Waals surface area contributed by atoms with E-state index >= 15 is 0 Å². The summed E-state index contributed by atoms with van der Waals surface area (Å²) in [6.45, 7) is 2.40. The Morgan fingerprint density at radius 3 is 2.48 bits per heavy atom. The van der Waals surface area contributed by atoms with E-state index < -0.39 is 35.7 Å². The minimum absolute atomic E-state index is 0.0901. The molecule has 174 valence electrons. The van der Waals surface area contributed by atoms with Crippen LogP contribution in [0.15, 0.2) is 39.2 Å². The number of carboxylic acids is 1. The van der Waals surface area contributed by atoms with E-state index in [-0.39, 0.29) is 31.4 Å². The summed E-state index contributed by atoms with van der Waals surface area (Å²) in [6, 6.07) is 6.84. The van der Waals surface area contributed by atoms with Gasteiger partial charge in [0.25, 0.3) is 5.56 Å². The molecule has 10 nitrogen and oxygen atoms in total. The number of aliphatic carboxylic acids is 1. The molecular formula is C22H22N2O8S. The molecule has 0 unspecified atom stereocenters. The van der Waals surface area contributed by atoms with Gasteiger partial charge >= 0.3 is 23.6 Å². The summed E-state index contributed by atoms with van der Waals surface area (Å²) >= 11 is 1.12. The summed E-state index contributed by atoms with van der Waals surface area (Å²) in [6.07, 6.45) is 0.0957. The average molecular weight is 474 g/mol. The molecule has 2 heterocycles. The van der Waals surface area contributed by atoms with Crippen molar-refractivity contribution in [1.82, 2.24) is 9.13 Å². The first-order chi connectivity index (χ1) is 15.7. The molecule has 33 heavy (non-hydrogen) atoms. The molecule has 0 fully saturated rings. The summed E-state index contributed by atoms with van der Waals surface area (Å²) in [5.41, 5.74) is -0.516. The number of ether oxygens (including phenoxy) is 2. The molecule has 0 bridgehead atoms. The second-order valence-electron chi connectivity index (χ2n) is 7.09. The van der Waals surface area contributed by atoms with E-state index in [0.29, 0.717) is 26.3 Å². The van der Waals surface area contributed by atoms with E-state index in [0.717, 1.165) is 11.3 Å². The van der Waals surface area contributed by atoms with Crippen molar-refractivity contribution in [2.24, 2.45) is 0 Å². The zero-order valence-corrected chi connectivity index (χ0v) is 18.8. The first-order valence-corrected chi connectivity index (χ1v) is 11.0. The smallest absolute Gasteiger partial charge is 0.332 e. The van der Waals surface area contributed by atoms with Crippen LogP contribution in [0.25, 0.3) is 10.2 Å². The van der Waals surface area contributed by atoms with E-state index in [1.54, 1.807) is 36.6 Å². The lowest BCUT2D eigenvalue weighted by molar-refractivity contribution is -0.142. The van der Waals surface area contributed by atoms with Crippen LogP contribution in [-0.2, 0) is 45.1 Å². The molecule has 0 saturated carbocycles. The predicted octanol–water partition coefficient (Wildman–Crippen LogP) is 1.58. The maximum absolute atomic E-state index is 13.0. The number of carbonyl (C=O) groups is 3. The molecule has 3 aromatic rings. The number of nitrogens with zero attached hydrogens (tertiary/aromatic N) is 2. The minimum Gasteiger partial charge on any atom is -0.480 e. The molecule has 0 aliphatic carbocycles. The van der Waals surface area contributed by atoms with Crippen molar-refractivity contribution < 1.29 is 29.0 Å². The van der Waals surface area contributed by atoms with Gasteiger partial charge in [-0.2, -0.15) is 0 Å². The maximum atomic E-state index is 13.0. The molecule has 0 saturated heterocycles. The number of aryl methyl sites for hydroxylation is 2. The third-order valence-electron chi connectivity index (χ3n) is 4.78. The number of esters is 2. The maximum Gasteiger partial charge on any atom is 0.332 e. The summed E-state index contributed by atoms with van der Waals surface area (Å²) in [7, 11) is 0. The fourth-order valence-corrected chi connectivity index (χ4v) is 4.52. The normalized spacial score (nSPS) is 10.8. The van der Waals surface area contributed by atoms with Crippen LogP contribution in [0.1, 0.15) is 25.0 Å². The highest BCUT2D eigenvalue weighted by atomic mass is 32.1. The van der Waals surface area contributed by atoms with Gasteiger partial charge in [-0.25, -0.2) is 9.36 Å². The second-order valence-corrected chi connectivity index (χ2v) is 7.95. The lowest BCUT2D eigenvalue weighted by Gasteiger charge is -2.13. The van der Waals surface area contributed by atoms with Crippen LogP contribution < -0.4 is 16.0 Å². The fourth-order valence-electron chi connectivity index (χ4n) is 3.43. The lowest BCUT2D eigenvalue weighted by atomic mass is 10.1. The van der Waals surface area contributed by atoms with Gasteiger partial charge in [0.1, 0.15) is 17.1 Å². The Hall–Kier alpha value is -3.73. The monoisotopic (exact) mass is 474 g/mol. The molecule has 2 aromatic heterocycles. The zero-order chi connectivity index (χ0) is 24.1. The Kier molecular flexibility index (Phi) is 7.44. The van der Waals surface area contributed by atoms with Crippen LogP contribution in [0.5, 0.6) is 5.75 Å². The van der Waals surface area contributed by atoms with Crippen molar-refractivity contribution in [3.63, 3.8) is 0 Å². The zero-order valence-electron chi connectivity index (χ0n) is 18.0. The molecule has 0 spiro atoms. The van der Waals surface area contributed by atoms with E-state index in [1.165, 1.54) is 11.5 Å². The molecule has 3 rings (SSSR count). The van der Waals surface area contributed by atoms with Gasteiger partial charge < -0.3 is 14.6 Å². The van der Waals surface area contributed by atoms with Crippen LogP contribution in [0.4, 0.5) is 0 Å². The number of fused-ring (bicyclic) bond motifs is 1. The molecule has 0 aliphatic heterocycles. The second kappa shape index (κ2) is 10.3. The van der Waals surface area contributed by atoms with Crippen molar-refractivity contribution in [2.75, 3.05) is 6.61 Å². The van der Waals surface area contributed by atoms with Gasteiger partial charge in [-0.15, -0.1) is 11.3 Å². The molecule has 0 amide bonds. The molecule has 0 atom stereocenters. The number of thiophene rings is 1. The minimum atomic E-state index is -1.34. The van der Waals surface area contributed by atoms with Gasteiger partial charge in [-0.05, 0) is 35.9 Å². The van der Waals surface area contributed by atoms with Gasteiger partial charge in [0.15, 0.2) is 0 Å². The largest absolute Gasteiger partial charge is 0.480 e. The Morgan fingerprint density at radius 2 is 1.82 bits per heavy atom. The van der Waals surface area contributed by atoms with Crippen LogP contribution in [0, 0.1) is 0 Å². The third kappa shape index (κ3) is 5.37. The number of rotatable bonds is 9. The number of para-hydroxylation sites is 1. The fraction of sp³-hybridized carbons (Fsp3) is 0.318. The van der Waals surface area contributed by atoms with Crippen molar-refractivity contribution in [3.05, 3.63) is 61.6 Å². The van der Waals surface area contributed by atoms with Crippen molar-refractivity contribution in [1.29, 1.82) is 0 Å². The molecule has 11 heteroatoms. The van der Waals surface area contributed by atoms with Crippen molar-refractivity contribution >= 4 is 39.5 Å². The predicted molar refractivity (Wildman–Crippen MR) is 120 cm³/mol. The average Bonchev–Trinajstić information content (AvgIpc) is 3.15. The number of carboxylic acid groups (broad SMARTS) is 1. The highest BCUT2D eigenvalue weighted by Crippen LogP contribution is 2.24. The number of hydrogen-bond donors (Lipinski definition) is 1. The lowest BCUT2D eigenvalue weighted by Crippen LogP contribution is -2.41. The molecule has 0 aliphatic rings. The highest BCUT2D eigenvalue weighted by Gasteiger charge is 2.21. The van der Waals surface area contributed by atoms with E-state index in [4.69, 9.17) is 9.47 Å². The van der Waals surface area contributed by atoms with Crippen LogP contribution in [0.3, 0.4) is 0 Å². The topological polar surface area (TPSA) is 134 Å². The van der Waals surface area contributed by atoms with Gasteiger partial charge in [0.2, 0.25) is 0 Å². The Balaban J connectivity index is 2.09. The Bertz CT molecular complexity index is 1330. The Morgan fingerprint density at radius 1 is 1.09 bits per heavy atom. The molecule has 0 radical (unpaired) electrons. The quantitative estimate of drug-likeness (QED) is 0.365. The summed E-state index contributed by atoms with van der Waals surface area (Å²) < 4.78 is 12.1. The third-order valence-corrected chi connectivity index (χ3v) is 5.83. The first kappa shape index (κ1) is 23.9.